The van der Waals surface area contributed by atoms with Crippen molar-refractivity contribution in [2.75, 3.05) is 0 Å². The van der Waals surface area contributed by atoms with Gasteiger partial charge in [-0.15, -0.1) is 0 Å². The van der Waals surface area contributed by atoms with Crippen molar-refractivity contribution < 1.29 is 13.6 Å². The van der Waals surface area contributed by atoms with Crippen LogP contribution in [0.1, 0.15) is 6.92 Å². The Bertz CT molecular complexity index is 669. The Morgan fingerprint density at radius 2 is 1.74 bits per heavy atom. The van der Waals surface area contributed by atoms with Gasteiger partial charge in [0.1, 0.15) is 5.75 Å². The van der Waals surface area contributed by atoms with Gasteiger partial charge in [0.15, 0.2) is 16.3 Å². The SMILES string of the molecule is C[CH]([Al])OP1(=O)Oc2ccccc2-c2ccccc21. The predicted molar refractivity (Wildman–Crippen MR) is 76.0 cm³/mol. The fourth-order valence-electron chi connectivity index (χ4n) is 2.18. The normalized spacial score (nSPS) is 21.9. The van der Waals surface area contributed by atoms with E-state index in [0.717, 1.165) is 11.1 Å². The largest absolute Gasteiger partial charge is 0.421 e. The summed E-state index contributed by atoms with van der Waals surface area (Å²) in [4.78, 5) is -0.246. The van der Waals surface area contributed by atoms with Crippen LogP contribution < -0.4 is 9.83 Å². The second-order valence-electron chi connectivity index (χ2n) is 4.41. The van der Waals surface area contributed by atoms with E-state index < -0.39 is 7.60 Å². The van der Waals surface area contributed by atoms with Crippen LogP contribution in [0, 0.1) is 0 Å². The molecule has 1 aliphatic rings. The Kier molecular flexibility index (Phi) is 3.29. The highest BCUT2D eigenvalue weighted by Crippen LogP contribution is 2.55. The van der Waals surface area contributed by atoms with E-state index in [0.29, 0.717) is 11.1 Å². The summed E-state index contributed by atoms with van der Waals surface area (Å²) in [6, 6.07) is 15.1. The molecule has 3 rings (SSSR count). The molecule has 2 unspecified atom stereocenters. The van der Waals surface area contributed by atoms with E-state index >= 15 is 0 Å². The molecule has 1 aliphatic heterocycles. The summed E-state index contributed by atoms with van der Waals surface area (Å²) in [5, 5.41) is 0.628. The minimum absolute atomic E-state index is 0.246. The lowest BCUT2D eigenvalue weighted by molar-refractivity contribution is 0.260. The summed E-state index contributed by atoms with van der Waals surface area (Å²) in [7, 11) is -3.31. The molecule has 0 aliphatic carbocycles. The van der Waals surface area contributed by atoms with Crippen molar-refractivity contribution in [1.82, 2.24) is 0 Å². The first-order valence-corrected chi connectivity index (χ1v) is 8.24. The molecular formula is C14H12AlO3P. The molecule has 0 saturated carbocycles. The standard InChI is InChI=1S/C14H12O3P.Al/c1-2-16-18(15)14-10-6-4-8-12(14)11-7-3-5-9-13(11)17-18;/h2-10H,1H3;. The van der Waals surface area contributed by atoms with E-state index in [1.165, 1.54) is 0 Å². The molecule has 0 fully saturated rings. The summed E-state index contributed by atoms with van der Waals surface area (Å²) in [6.45, 7) is 1.82. The van der Waals surface area contributed by atoms with E-state index in [1.807, 2.05) is 49.4 Å². The molecule has 5 heteroatoms. The minimum Gasteiger partial charge on any atom is -0.421 e. The van der Waals surface area contributed by atoms with Crippen LogP contribution in [-0.2, 0) is 9.09 Å². The van der Waals surface area contributed by atoms with E-state index in [4.69, 9.17) is 9.05 Å². The van der Waals surface area contributed by atoms with Crippen LogP contribution in [0.5, 0.6) is 5.75 Å². The molecule has 94 valence electrons. The maximum absolute atomic E-state index is 13.0. The zero-order valence-electron chi connectivity index (χ0n) is 10.4. The molecule has 0 saturated heterocycles. The Morgan fingerprint density at radius 3 is 2.47 bits per heavy atom. The Balaban J connectivity index is 2.22. The van der Waals surface area contributed by atoms with Gasteiger partial charge >= 0.3 is 7.60 Å². The monoisotopic (exact) mass is 286 g/mol. The highest BCUT2D eigenvalue weighted by atomic mass is 31.2. The van der Waals surface area contributed by atoms with Gasteiger partial charge in [-0.25, -0.2) is 4.57 Å². The maximum Gasteiger partial charge on any atom is 0.410 e. The third kappa shape index (κ3) is 2.26. The molecule has 2 aromatic carbocycles. The van der Waals surface area contributed by atoms with Crippen LogP contribution >= 0.6 is 7.60 Å². The highest BCUT2D eigenvalue weighted by molar-refractivity contribution is 7.63. The van der Waals surface area contributed by atoms with Gasteiger partial charge in [-0.05, 0) is 17.1 Å². The van der Waals surface area contributed by atoms with Crippen molar-refractivity contribution in [3.05, 3.63) is 48.5 Å². The van der Waals surface area contributed by atoms with Crippen LogP contribution in [0.3, 0.4) is 0 Å². The second-order valence-corrected chi connectivity index (χ2v) is 7.22. The number of hydrogen-bond donors (Lipinski definition) is 0. The third-order valence-corrected chi connectivity index (χ3v) is 5.29. The molecule has 0 amide bonds. The number of benzene rings is 2. The van der Waals surface area contributed by atoms with Gasteiger partial charge in [-0.2, -0.15) is 0 Å². The van der Waals surface area contributed by atoms with Crippen LogP contribution in [0.15, 0.2) is 48.5 Å². The number of hydrogen-bond acceptors (Lipinski definition) is 3. The zero-order chi connectivity index (χ0) is 13.5. The van der Waals surface area contributed by atoms with E-state index in [9.17, 15) is 4.57 Å². The van der Waals surface area contributed by atoms with Gasteiger partial charge in [-0.1, -0.05) is 43.3 Å². The second kappa shape index (κ2) is 4.81. The molecule has 2 atom stereocenters. The van der Waals surface area contributed by atoms with Gasteiger partial charge < -0.3 is 9.05 Å². The summed E-state index contributed by atoms with van der Waals surface area (Å²) < 4.78 is 24.2. The molecule has 0 bridgehead atoms. The number of fused-ring (bicyclic) bond motifs is 3. The fraction of sp³-hybridized carbons (Fsp3) is 0.143. The van der Waals surface area contributed by atoms with Crippen LogP contribution in [-0.4, -0.2) is 21.3 Å². The van der Waals surface area contributed by atoms with Crippen LogP contribution in [0.2, 0.25) is 0 Å². The average Bonchev–Trinajstić information content (AvgIpc) is 2.38. The van der Waals surface area contributed by atoms with Crippen molar-refractivity contribution in [3.63, 3.8) is 0 Å². The van der Waals surface area contributed by atoms with Gasteiger partial charge in [0.05, 0.1) is 5.30 Å². The molecule has 0 N–H and O–H groups in total. The van der Waals surface area contributed by atoms with Crippen LogP contribution in [0.4, 0.5) is 0 Å². The summed E-state index contributed by atoms with van der Waals surface area (Å²) in [5.41, 5.74) is 1.86. The molecule has 3 nitrogen and oxygen atoms in total. The lowest BCUT2D eigenvalue weighted by atomic mass is 10.0. The topological polar surface area (TPSA) is 35.5 Å². The van der Waals surface area contributed by atoms with Crippen molar-refractivity contribution in [1.29, 1.82) is 0 Å². The third-order valence-electron chi connectivity index (χ3n) is 2.90. The average molecular weight is 286 g/mol. The highest BCUT2D eigenvalue weighted by Gasteiger charge is 2.37. The van der Waals surface area contributed by atoms with E-state index in [2.05, 4.69) is 16.3 Å². The molecule has 1 heterocycles. The van der Waals surface area contributed by atoms with Gasteiger partial charge in [-0.3, -0.25) is 0 Å². The predicted octanol–water partition coefficient (Wildman–Crippen LogP) is 3.10. The summed E-state index contributed by atoms with van der Waals surface area (Å²) in [6.07, 6.45) is 0. The molecular weight excluding hydrogens is 274 g/mol. The molecule has 19 heavy (non-hydrogen) atoms. The van der Waals surface area contributed by atoms with E-state index in [-0.39, 0.29) is 4.97 Å². The first-order valence-electron chi connectivity index (χ1n) is 6.03. The fourth-order valence-corrected chi connectivity index (χ4v) is 4.54. The van der Waals surface area contributed by atoms with Gasteiger partial charge in [0.25, 0.3) is 0 Å². The van der Waals surface area contributed by atoms with Crippen molar-refractivity contribution in [2.24, 2.45) is 0 Å². The first-order chi connectivity index (χ1) is 9.10. The van der Waals surface area contributed by atoms with Gasteiger partial charge in [0.2, 0.25) is 0 Å². The van der Waals surface area contributed by atoms with Crippen molar-refractivity contribution >= 4 is 29.2 Å². The van der Waals surface area contributed by atoms with Crippen molar-refractivity contribution in [2.45, 2.75) is 11.9 Å². The Morgan fingerprint density at radius 1 is 1.11 bits per heavy atom. The molecule has 0 spiro atoms. The molecule has 2 aromatic rings. The Hall–Kier alpha value is -1.04. The first kappa shape index (κ1) is 13.0. The van der Waals surface area contributed by atoms with Crippen molar-refractivity contribution in [3.8, 4) is 16.9 Å². The Labute approximate surface area is 120 Å². The lowest BCUT2D eigenvalue weighted by Gasteiger charge is -2.29. The maximum atomic E-state index is 13.0. The quantitative estimate of drug-likeness (QED) is 0.628. The molecule has 2 radical (unpaired) electrons. The summed E-state index contributed by atoms with van der Waals surface area (Å²) >= 11 is 2.48. The molecule has 0 aromatic heterocycles. The number of para-hydroxylation sites is 1. The minimum atomic E-state index is -3.31. The van der Waals surface area contributed by atoms with Crippen LogP contribution in [0.25, 0.3) is 11.1 Å². The zero-order valence-corrected chi connectivity index (χ0v) is 12.5. The summed E-state index contributed by atoms with van der Waals surface area (Å²) in [5.74, 6) is 0.607. The smallest absolute Gasteiger partial charge is 0.410 e. The number of rotatable bonds is 2. The van der Waals surface area contributed by atoms with E-state index in [1.54, 1.807) is 6.07 Å². The van der Waals surface area contributed by atoms with Gasteiger partial charge in [0, 0.05) is 11.1 Å². The lowest BCUT2D eigenvalue weighted by Crippen LogP contribution is -2.22.